The van der Waals surface area contributed by atoms with E-state index in [0.717, 1.165) is 46.3 Å². The van der Waals surface area contributed by atoms with Crippen molar-refractivity contribution in [3.63, 3.8) is 0 Å². The molecule has 4 aromatic carbocycles. The van der Waals surface area contributed by atoms with Crippen LogP contribution in [0.15, 0.2) is 95.9 Å². The second-order valence-corrected chi connectivity index (χ2v) is 10.2. The van der Waals surface area contributed by atoms with Crippen LogP contribution in [0.1, 0.15) is 42.2 Å². The van der Waals surface area contributed by atoms with Gasteiger partial charge in [-0.15, -0.1) is 11.8 Å². The zero-order valence-corrected chi connectivity index (χ0v) is 22.0. The second kappa shape index (κ2) is 11.5. The topological polar surface area (TPSA) is 124 Å². The van der Waals surface area contributed by atoms with Gasteiger partial charge < -0.3 is 15.5 Å². The van der Waals surface area contributed by atoms with Gasteiger partial charge in [-0.3, -0.25) is 14.5 Å². The molecule has 9 heteroatoms. The average Bonchev–Trinajstić information content (AvgIpc) is 3.12. The molecule has 8 nitrogen and oxygen atoms in total. The third-order valence-corrected chi connectivity index (χ3v) is 7.55. The molecule has 200 valence electrons. The number of benzene rings is 4. The van der Waals surface area contributed by atoms with Crippen LogP contribution in [0.25, 0.3) is 0 Å². The minimum absolute atomic E-state index is 0.0779. The maximum Gasteiger partial charge on any atom is 0.336 e. The molecule has 2 amide bonds. The molecule has 0 atom stereocenters. The summed E-state index contributed by atoms with van der Waals surface area (Å²) in [5.74, 6) is -3.32. The Kier molecular flexibility index (Phi) is 7.65. The van der Waals surface area contributed by atoms with Crippen LogP contribution in [0.4, 0.5) is 17.1 Å². The van der Waals surface area contributed by atoms with E-state index in [0.29, 0.717) is 5.69 Å². The molecule has 3 N–H and O–H groups in total. The van der Waals surface area contributed by atoms with Crippen molar-refractivity contribution >= 4 is 52.6 Å². The van der Waals surface area contributed by atoms with Gasteiger partial charge in [0.25, 0.3) is 5.91 Å². The monoisotopic (exact) mass is 552 g/mol. The molecule has 0 radical (unpaired) electrons. The number of anilines is 3. The summed E-state index contributed by atoms with van der Waals surface area (Å²) in [6, 6.07) is 26.0. The van der Waals surface area contributed by atoms with Crippen LogP contribution in [0.2, 0.25) is 0 Å². The fraction of sp³-hybridized carbons (Fsp3) is 0.0968. The van der Waals surface area contributed by atoms with Crippen molar-refractivity contribution in [1.82, 2.24) is 0 Å². The number of carbonyl (C=O) groups excluding carboxylic acids is 2. The van der Waals surface area contributed by atoms with Crippen LogP contribution in [0, 0.1) is 0 Å². The third-order valence-electron chi connectivity index (χ3n) is 6.57. The average molecular weight is 553 g/mol. The number of aryl methyl sites for hydroxylation is 2. The van der Waals surface area contributed by atoms with Crippen LogP contribution < -0.4 is 10.2 Å². The lowest BCUT2D eigenvalue weighted by Gasteiger charge is -2.25. The van der Waals surface area contributed by atoms with Crippen LogP contribution >= 0.6 is 11.8 Å². The van der Waals surface area contributed by atoms with Gasteiger partial charge in [-0.05, 0) is 72.5 Å². The predicted octanol–water partition coefficient (Wildman–Crippen LogP) is 5.89. The number of nitrogens with zero attached hydrogens (tertiary/aromatic N) is 1. The van der Waals surface area contributed by atoms with E-state index in [4.69, 9.17) is 5.11 Å². The number of aromatic carboxylic acids is 2. The Labute approximate surface area is 234 Å². The maximum absolute atomic E-state index is 13.6. The molecular formula is C31H24N2O6S. The first kappa shape index (κ1) is 26.7. The van der Waals surface area contributed by atoms with Crippen LogP contribution in [-0.2, 0) is 17.6 Å². The number of amides is 2. The molecule has 0 aromatic heterocycles. The Morgan fingerprint density at radius 1 is 0.725 bits per heavy atom. The summed E-state index contributed by atoms with van der Waals surface area (Å²) in [6.45, 7) is 0. The highest BCUT2D eigenvalue weighted by Crippen LogP contribution is 2.37. The molecular weight excluding hydrogens is 528 g/mol. The summed E-state index contributed by atoms with van der Waals surface area (Å²) in [4.78, 5) is 51.9. The summed E-state index contributed by atoms with van der Waals surface area (Å²) < 4.78 is 0. The highest BCUT2D eigenvalue weighted by atomic mass is 32.2. The van der Waals surface area contributed by atoms with E-state index >= 15 is 0 Å². The van der Waals surface area contributed by atoms with Gasteiger partial charge in [0.05, 0.1) is 33.8 Å². The van der Waals surface area contributed by atoms with Gasteiger partial charge in [0.1, 0.15) is 0 Å². The lowest BCUT2D eigenvalue weighted by Crippen LogP contribution is -2.28. The molecule has 1 aliphatic rings. The molecule has 0 aliphatic carbocycles. The Morgan fingerprint density at radius 3 is 2.00 bits per heavy atom. The number of nitrogens with one attached hydrogen (secondary N) is 1. The van der Waals surface area contributed by atoms with E-state index in [1.165, 1.54) is 23.9 Å². The summed E-state index contributed by atoms with van der Waals surface area (Å²) in [7, 11) is 0. The molecule has 0 spiro atoms. The Bertz CT molecular complexity index is 1600. The van der Waals surface area contributed by atoms with E-state index in [1.807, 2.05) is 54.6 Å². The highest BCUT2D eigenvalue weighted by molar-refractivity contribution is 8.00. The van der Waals surface area contributed by atoms with E-state index in [1.54, 1.807) is 23.1 Å². The summed E-state index contributed by atoms with van der Waals surface area (Å²) >= 11 is 1.33. The van der Waals surface area contributed by atoms with Crippen LogP contribution in [-0.4, -0.2) is 39.7 Å². The minimum Gasteiger partial charge on any atom is -0.478 e. The van der Waals surface area contributed by atoms with E-state index in [2.05, 4.69) is 5.32 Å². The predicted molar refractivity (Wildman–Crippen MR) is 153 cm³/mol. The SMILES string of the molecule is O=C(O)c1ccc(C(=O)Nc2cccc(SCC(=O)N3c4ccccc4CCc4ccccc43)c2)c(C(=O)O)c1. The normalized spacial score (nSPS) is 12.1. The third kappa shape index (κ3) is 5.60. The number of hydrogen-bond donors (Lipinski definition) is 3. The van der Waals surface area contributed by atoms with Gasteiger partial charge in [0.15, 0.2) is 0 Å². The number of carboxylic acid groups (broad SMARTS) is 2. The second-order valence-electron chi connectivity index (χ2n) is 9.13. The molecule has 0 fully saturated rings. The van der Waals surface area contributed by atoms with Gasteiger partial charge in [0.2, 0.25) is 5.91 Å². The smallest absolute Gasteiger partial charge is 0.336 e. The molecule has 0 saturated carbocycles. The van der Waals surface area contributed by atoms with Gasteiger partial charge in [-0.2, -0.15) is 0 Å². The Morgan fingerprint density at radius 2 is 1.38 bits per heavy atom. The zero-order valence-electron chi connectivity index (χ0n) is 21.2. The zero-order chi connectivity index (χ0) is 28.2. The summed E-state index contributed by atoms with van der Waals surface area (Å²) in [5, 5.41) is 21.3. The molecule has 1 heterocycles. The van der Waals surface area contributed by atoms with Crippen molar-refractivity contribution < 1.29 is 29.4 Å². The van der Waals surface area contributed by atoms with Gasteiger partial charge in [-0.25, -0.2) is 9.59 Å². The fourth-order valence-electron chi connectivity index (χ4n) is 4.67. The van der Waals surface area contributed by atoms with E-state index in [9.17, 15) is 24.3 Å². The fourth-order valence-corrected chi connectivity index (χ4v) is 5.48. The largest absolute Gasteiger partial charge is 0.478 e. The molecule has 0 unspecified atom stereocenters. The number of fused-ring (bicyclic) bond motifs is 2. The van der Waals surface area contributed by atoms with E-state index < -0.39 is 23.4 Å². The van der Waals surface area contributed by atoms with Gasteiger partial charge in [-0.1, -0.05) is 42.5 Å². The number of carboxylic acids is 2. The molecule has 5 rings (SSSR count). The first-order valence-corrected chi connectivity index (χ1v) is 13.4. The highest BCUT2D eigenvalue weighted by Gasteiger charge is 2.25. The van der Waals surface area contributed by atoms with Crippen molar-refractivity contribution in [1.29, 1.82) is 0 Å². The standard InChI is InChI=1S/C31H24N2O6S/c34-28(33-26-10-3-1-6-19(26)12-13-20-7-2-4-11-27(20)33)18-40-23-9-5-8-22(17-23)32-29(35)24-15-14-21(30(36)37)16-25(24)31(38)39/h1-11,14-17H,12-13,18H2,(H,32,35)(H,36,37)(H,38,39). The lowest BCUT2D eigenvalue weighted by molar-refractivity contribution is -0.115. The minimum atomic E-state index is -1.41. The molecule has 0 bridgehead atoms. The van der Waals surface area contributed by atoms with Crippen molar-refractivity contribution in [2.24, 2.45) is 0 Å². The Balaban J connectivity index is 1.33. The number of carbonyl (C=O) groups is 4. The number of rotatable bonds is 7. The first-order valence-electron chi connectivity index (χ1n) is 12.5. The number of para-hydroxylation sites is 2. The number of hydrogen-bond acceptors (Lipinski definition) is 5. The van der Waals surface area contributed by atoms with Gasteiger partial charge in [0, 0.05) is 10.6 Å². The van der Waals surface area contributed by atoms with Crippen LogP contribution in [0.3, 0.4) is 0 Å². The van der Waals surface area contributed by atoms with Gasteiger partial charge >= 0.3 is 11.9 Å². The first-order chi connectivity index (χ1) is 19.3. The van der Waals surface area contributed by atoms with E-state index in [-0.39, 0.29) is 22.8 Å². The lowest BCUT2D eigenvalue weighted by atomic mass is 10.0. The van der Waals surface area contributed by atoms with Crippen molar-refractivity contribution in [3.8, 4) is 0 Å². The number of thioether (sulfide) groups is 1. The summed E-state index contributed by atoms with van der Waals surface area (Å²) in [5.41, 5.74) is 3.58. The maximum atomic E-state index is 13.6. The molecule has 1 aliphatic heterocycles. The van der Waals surface area contributed by atoms with Crippen LogP contribution in [0.5, 0.6) is 0 Å². The van der Waals surface area contributed by atoms with Crippen molar-refractivity contribution in [2.75, 3.05) is 16.0 Å². The molecule has 4 aromatic rings. The van der Waals surface area contributed by atoms with Crippen molar-refractivity contribution in [2.45, 2.75) is 17.7 Å². The summed E-state index contributed by atoms with van der Waals surface area (Å²) in [6.07, 6.45) is 1.68. The molecule has 40 heavy (non-hydrogen) atoms. The van der Waals surface area contributed by atoms with Crippen molar-refractivity contribution in [3.05, 3.63) is 119 Å². The quantitative estimate of drug-likeness (QED) is 0.244. The molecule has 0 saturated heterocycles. The Hall–Kier alpha value is -4.89.